The Balaban J connectivity index is 1.62. The second kappa shape index (κ2) is 5.37. The Kier molecular flexibility index (Phi) is 3.20. The van der Waals surface area contributed by atoms with Gasteiger partial charge in [-0.05, 0) is 11.6 Å². The van der Waals surface area contributed by atoms with Crippen LogP contribution in [0.15, 0.2) is 66.7 Å². The average Bonchev–Trinajstić information content (AvgIpc) is 3.33. The summed E-state index contributed by atoms with van der Waals surface area (Å²) in [5.74, 6) is -1.79. The van der Waals surface area contributed by atoms with Gasteiger partial charge < -0.3 is 9.84 Å². The maximum Gasteiger partial charge on any atom is 0.241 e. The molecule has 3 aliphatic rings. The zero-order valence-electron chi connectivity index (χ0n) is 13.9. The predicted molar refractivity (Wildman–Crippen MR) is 95.2 cm³/mol. The lowest BCUT2D eigenvalue weighted by Crippen LogP contribution is -2.43. The number of benzene rings is 2. The largest absolute Gasteiger partial charge is 0.393 e. The van der Waals surface area contributed by atoms with Crippen molar-refractivity contribution in [3.05, 3.63) is 66.7 Å². The number of fused-ring (bicyclic) bond motifs is 5. The van der Waals surface area contributed by atoms with E-state index in [4.69, 9.17) is 4.74 Å². The van der Waals surface area contributed by atoms with Crippen molar-refractivity contribution in [3.8, 4) is 11.1 Å². The molecule has 5 rings (SSSR count). The van der Waals surface area contributed by atoms with Gasteiger partial charge in [0.1, 0.15) is 5.60 Å². The van der Waals surface area contributed by atoms with Crippen LogP contribution in [0.2, 0.25) is 0 Å². The van der Waals surface area contributed by atoms with Crippen LogP contribution in [0.1, 0.15) is 0 Å². The molecule has 0 unspecified atom stereocenters. The molecule has 2 aromatic carbocycles. The summed E-state index contributed by atoms with van der Waals surface area (Å²) in [6.07, 6.45) is 3.07. The second-order valence-corrected chi connectivity index (χ2v) is 6.95. The summed E-state index contributed by atoms with van der Waals surface area (Å²) in [6.45, 7) is -0.311. The number of hydrogen-bond donors (Lipinski definition) is 1. The summed E-state index contributed by atoms with van der Waals surface area (Å²) in [4.78, 5) is 27.6. The van der Waals surface area contributed by atoms with Gasteiger partial charge >= 0.3 is 0 Å². The number of aliphatic hydroxyl groups is 1. The molecular formula is C21H17NO4. The molecule has 26 heavy (non-hydrogen) atoms. The van der Waals surface area contributed by atoms with Crippen molar-refractivity contribution in [2.75, 3.05) is 11.5 Å². The maximum absolute atomic E-state index is 13.2. The van der Waals surface area contributed by atoms with Crippen molar-refractivity contribution in [3.63, 3.8) is 0 Å². The van der Waals surface area contributed by atoms with Gasteiger partial charge in [0.25, 0.3) is 0 Å². The van der Waals surface area contributed by atoms with Gasteiger partial charge in [0.2, 0.25) is 11.8 Å². The standard InChI is InChI=1S/C21H17NO4/c23-12-21-11-10-16(26-21)17-18(21)20(25)22(19(17)24)15-9-5-4-8-14(15)13-6-2-1-3-7-13/h1-11,16-18,23H,12H2/t16-,17+,18+,21+/m1/s1. The highest BCUT2D eigenvalue weighted by molar-refractivity contribution is 6.24. The molecule has 3 aliphatic heterocycles. The van der Waals surface area contributed by atoms with Crippen LogP contribution in [-0.2, 0) is 14.3 Å². The van der Waals surface area contributed by atoms with E-state index in [0.717, 1.165) is 11.1 Å². The number of hydrogen-bond acceptors (Lipinski definition) is 4. The molecule has 0 saturated carbocycles. The topological polar surface area (TPSA) is 66.8 Å². The zero-order valence-corrected chi connectivity index (χ0v) is 13.9. The van der Waals surface area contributed by atoms with E-state index in [2.05, 4.69) is 0 Å². The molecule has 0 radical (unpaired) electrons. The first kappa shape index (κ1) is 15.5. The van der Waals surface area contributed by atoms with E-state index >= 15 is 0 Å². The lowest BCUT2D eigenvalue weighted by molar-refractivity contribution is -0.128. The molecular weight excluding hydrogens is 330 g/mol. The number of carbonyl (C=O) groups excluding carboxylic acids is 2. The van der Waals surface area contributed by atoms with Gasteiger partial charge in [-0.1, -0.05) is 60.7 Å². The molecule has 130 valence electrons. The number of aliphatic hydroxyl groups excluding tert-OH is 1. The summed E-state index contributed by atoms with van der Waals surface area (Å²) >= 11 is 0. The quantitative estimate of drug-likeness (QED) is 0.682. The molecule has 2 aromatic rings. The summed E-state index contributed by atoms with van der Waals surface area (Å²) in [6, 6.07) is 17.1. The van der Waals surface area contributed by atoms with Gasteiger partial charge in [-0.25, -0.2) is 4.90 Å². The third-order valence-corrected chi connectivity index (χ3v) is 5.63. The Bertz CT molecular complexity index is 938. The van der Waals surface area contributed by atoms with E-state index < -0.39 is 23.5 Å². The minimum Gasteiger partial charge on any atom is -0.393 e. The maximum atomic E-state index is 13.2. The van der Waals surface area contributed by atoms with E-state index in [1.807, 2.05) is 48.5 Å². The van der Waals surface area contributed by atoms with Crippen LogP contribution >= 0.6 is 0 Å². The van der Waals surface area contributed by atoms with Gasteiger partial charge in [0.05, 0.1) is 30.2 Å². The number of nitrogens with zero attached hydrogens (tertiary/aromatic N) is 1. The van der Waals surface area contributed by atoms with Crippen LogP contribution in [0.5, 0.6) is 0 Å². The fraction of sp³-hybridized carbons (Fsp3) is 0.238. The number of para-hydroxylation sites is 1. The molecule has 0 aliphatic carbocycles. The molecule has 1 N–H and O–H groups in total. The zero-order chi connectivity index (χ0) is 17.9. The van der Waals surface area contributed by atoms with Crippen molar-refractivity contribution >= 4 is 17.5 Å². The average molecular weight is 347 g/mol. The van der Waals surface area contributed by atoms with Crippen molar-refractivity contribution in [1.29, 1.82) is 0 Å². The Labute approximate surface area is 150 Å². The Morgan fingerprint density at radius 2 is 1.73 bits per heavy atom. The SMILES string of the molecule is O=C1[C@@H]2[C@@H](C(=O)N1c1ccccc1-c1ccccc1)[C@@]1(CO)C=C[C@H]2O1. The number of ether oxygens (including phenoxy) is 1. The molecule has 2 amide bonds. The highest BCUT2D eigenvalue weighted by Gasteiger charge is 2.67. The van der Waals surface area contributed by atoms with Gasteiger partial charge in [0.15, 0.2) is 0 Å². The van der Waals surface area contributed by atoms with Gasteiger partial charge in [-0.3, -0.25) is 9.59 Å². The fourth-order valence-corrected chi connectivity index (χ4v) is 4.45. The first-order valence-electron chi connectivity index (χ1n) is 8.66. The number of anilines is 1. The minimum absolute atomic E-state index is 0.256. The molecule has 2 bridgehead atoms. The van der Waals surface area contributed by atoms with E-state index in [9.17, 15) is 14.7 Å². The Morgan fingerprint density at radius 1 is 1.00 bits per heavy atom. The second-order valence-electron chi connectivity index (χ2n) is 6.95. The molecule has 5 nitrogen and oxygen atoms in total. The van der Waals surface area contributed by atoms with Gasteiger partial charge in [0, 0.05) is 5.56 Å². The van der Waals surface area contributed by atoms with Crippen molar-refractivity contribution in [2.24, 2.45) is 11.8 Å². The van der Waals surface area contributed by atoms with E-state index in [1.54, 1.807) is 18.2 Å². The summed E-state index contributed by atoms with van der Waals surface area (Å²) < 4.78 is 5.79. The molecule has 2 saturated heterocycles. The van der Waals surface area contributed by atoms with Crippen LogP contribution < -0.4 is 4.90 Å². The first-order valence-corrected chi connectivity index (χ1v) is 8.66. The van der Waals surface area contributed by atoms with Crippen LogP contribution in [0.4, 0.5) is 5.69 Å². The van der Waals surface area contributed by atoms with E-state index in [-0.39, 0.29) is 18.4 Å². The highest BCUT2D eigenvalue weighted by atomic mass is 16.5. The Hall–Kier alpha value is -2.76. The third kappa shape index (κ3) is 1.87. The van der Waals surface area contributed by atoms with Crippen molar-refractivity contribution in [1.82, 2.24) is 0 Å². The first-order chi connectivity index (χ1) is 12.7. The van der Waals surface area contributed by atoms with Gasteiger partial charge in [-0.15, -0.1) is 0 Å². The highest BCUT2D eigenvalue weighted by Crippen LogP contribution is 2.52. The lowest BCUT2D eigenvalue weighted by Gasteiger charge is -2.27. The number of rotatable bonds is 3. The normalized spacial score (nSPS) is 31.7. The summed E-state index contributed by atoms with van der Waals surface area (Å²) in [5.41, 5.74) is 1.28. The molecule has 5 heteroatoms. The van der Waals surface area contributed by atoms with Crippen LogP contribution in [0.3, 0.4) is 0 Å². The smallest absolute Gasteiger partial charge is 0.241 e. The number of carbonyl (C=O) groups is 2. The van der Waals surface area contributed by atoms with Crippen molar-refractivity contribution in [2.45, 2.75) is 11.7 Å². The molecule has 4 atom stereocenters. The summed E-state index contributed by atoms with van der Waals surface area (Å²) in [5, 5.41) is 9.83. The monoisotopic (exact) mass is 347 g/mol. The fourth-order valence-electron chi connectivity index (χ4n) is 4.45. The van der Waals surface area contributed by atoms with Crippen LogP contribution in [0.25, 0.3) is 11.1 Å². The Morgan fingerprint density at radius 3 is 2.50 bits per heavy atom. The number of imide groups is 1. The predicted octanol–water partition coefficient (Wildman–Crippen LogP) is 2.16. The molecule has 3 heterocycles. The van der Waals surface area contributed by atoms with E-state index in [1.165, 1.54) is 4.90 Å². The van der Waals surface area contributed by atoms with Crippen LogP contribution in [0, 0.1) is 11.8 Å². The van der Waals surface area contributed by atoms with E-state index in [0.29, 0.717) is 5.69 Å². The molecule has 2 fully saturated rings. The van der Waals surface area contributed by atoms with Crippen LogP contribution in [-0.4, -0.2) is 35.2 Å². The van der Waals surface area contributed by atoms with Gasteiger partial charge in [-0.2, -0.15) is 0 Å². The molecule has 0 spiro atoms. The lowest BCUT2D eigenvalue weighted by atomic mass is 9.77. The molecule has 0 aromatic heterocycles. The van der Waals surface area contributed by atoms with Crippen molar-refractivity contribution < 1.29 is 19.4 Å². The number of amides is 2. The summed E-state index contributed by atoms with van der Waals surface area (Å²) in [7, 11) is 0. The third-order valence-electron chi connectivity index (χ3n) is 5.63. The minimum atomic E-state index is -1.07.